The van der Waals surface area contributed by atoms with E-state index in [0.29, 0.717) is 30.0 Å². The molecule has 3 heterocycles. The maximum atomic E-state index is 8.80. The SMILES string of the molecule is COc1cc(OC[C@H]2CCCN2C)ccc1-c1cc(Nc2cnc(C#N)cn2)n[nH]1. The quantitative estimate of drug-likeness (QED) is 0.617. The van der Waals surface area contributed by atoms with Crippen LogP contribution in [0.3, 0.4) is 0 Å². The highest BCUT2D eigenvalue weighted by molar-refractivity contribution is 5.71. The Hall–Kier alpha value is -3.64. The zero-order valence-corrected chi connectivity index (χ0v) is 16.9. The second-order valence-electron chi connectivity index (χ2n) is 7.14. The molecule has 0 unspecified atom stereocenters. The van der Waals surface area contributed by atoms with Gasteiger partial charge in [-0.2, -0.15) is 10.4 Å². The van der Waals surface area contributed by atoms with E-state index in [9.17, 15) is 0 Å². The highest BCUT2D eigenvalue weighted by Gasteiger charge is 2.21. The van der Waals surface area contributed by atoms with Crippen LogP contribution in [0, 0.1) is 11.3 Å². The van der Waals surface area contributed by atoms with E-state index < -0.39 is 0 Å². The molecule has 3 aromatic rings. The summed E-state index contributed by atoms with van der Waals surface area (Å²) in [5, 5.41) is 19.1. The molecule has 2 aromatic heterocycles. The zero-order chi connectivity index (χ0) is 20.9. The fourth-order valence-electron chi connectivity index (χ4n) is 3.47. The van der Waals surface area contributed by atoms with E-state index >= 15 is 0 Å². The number of methoxy groups -OCH3 is 1. The summed E-state index contributed by atoms with van der Waals surface area (Å²) in [6.07, 6.45) is 5.28. The molecule has 4 rings (SSSR count). The number of nitrogens with zero attached hydrogens (tertiary/aromatic N) is 5. The van der Waals surface area contributed by atoms with Gasteiger partial charge in [0, 0.05) is 23.7 Å². The number of likely N-dealkylation sites (N-methyl/N-ethyl adjacent to an activating group) is 1. The van der Waals surface area contributed by atoms with Crippen molar-refractivity contribution in [2.24, 2.45) is 0 Å². The maximum absolute atomic E-state index is 8.80. The minimum atomic E-state index is 0.259. The number of likely N-dealkylation sites (tertiary alicyclic amines) is 1. The van der Waals surface area contributed by atoms with Gasteiger partial charge in [0.25, 0.3) is 0 Å². The van der Waals surface area contributed by atoms with Crippen molar-refractivity contribution in [1.82, 2.24) is 25.1 Å². The highest BCUT2D eigenvalue weighted by atomic mass is 16.5. The Kier molecular flexibility index (Phi) is 5.77. The molecule has 2 N–H and O–H groups in total. The highest BCUT2D eigenvalue weighted by Crippen LogP contribution is 2.33. The van der Waals surface area contributed by atoms with Gasteiger partial charge < -0.3 is 19.7 Å². The molecule has 0 amide bonds. The summed E-state index contributed by atoms with van der Waals surface area (Å²) in [5.41, 5.74) is 1.92. The number of aromatic amines is 1. The first-order chi connectivity index (χ1) is 14.7. The summed E-state index contributed by atoms with van der Waals surface area (Å²) >= 11 is 0. The number of benzene rings is 1. The van der Waals surface area contributed by atoms with Crippen LogP contribution in [0.4, 0.5) is 11.6 Å². The van der Waals surface area contributed by atoms with Crippen LogP contribution in [0.25, 0.3) is 11.3 Å². The van der Waals surface area contributed by atoms with Crippen molar-refractivity contribution in [2.45, 2.75) is 18.9 Å². The molecule has 1 aliphatic rings. The van der Waals surface area contributed by atoms with Gasteiger partial charge in [-0.15, -0.1) is 0 Å². The van der Waals surface area contributed by atoms with E-state index in [1.807, 2.05) is 30.3 Å². The molecule has 1 aliphatic heterocycles. The number of hydrogen-bond donors (Lipinski definition) is 2. The number of rotatable bonds is 7. The molecule has 0 bridgehead atoms. The molecule has 1 fully saturated rings. The Morgan fingerprint density at radius 3 is 2.87 bits per heavy atom. The van der Waals surface area contributed by atoms with Crippen LogP contribution in [0.5, 0.6) is 11.5 Å². The van der Waals surface area contributed by atoms with Gasteiger partial charge in [-0.25, -0.2) is 9.97 Å². The Balaban J connectivity index is 1.46. The minimum absolute atomic E-state index is 0.259. The topological polar surface area (TPSA) is 112 Å². The number of nitriles is 1. The van der Waals surface area contributed by atoms with Crippen LogP contribution in [0.1, 0.15) is 18.5 Å². The third-order valence-corrected chi connectivity index (χ3v) is 5.18. The number of H-pyrrole nitrogens is 1. The van der Waals surface area contributed by atoms with Crippen LogP contribution >= 0.6 is 0 Å². The Morgan fingerprint density at radius 2 is 2.17 bits per heavy atom. The molecule has 1 saturated heterocycles. The van der Waals surface area contributed by atoms with E-state index in [2.05, 4.69) is 37.4 Å². The van der Waals surface area contributed by atoms with Crippen molar-refractivity contribution >= 4 is 11.6 Å². The predicted molar refractivity (Wildman–Crippen MR) is 112 cm³/mol. The largest absolute Gasteiger partial charge is 0.496 e. The molecule has 9 nitrogen and oxygen atoms in total. The van der Waals surface area contributed by atoms with E-state index in [1.54, 1.807) is 7.11 Å². The normalized spacial score (nSPS) is 16.2. The summed E-state index contributed by atoms with van der Waals surface area (Å²) < 4.78 is 11.6. The first-order valence-electron chi connectivity index (χ1n) is 9.72. The molecule has 0 saturated carbocycles. The van der Waals surface area contributed by atoms with Crippen LogP contribution in [-0.4, -0.2) is 58.4 Å². The van der Waals surface area contributed by atoms with E-state index in [-0.39, 0.29) is 5.69 Å². The van der Waals surface area contributed by atoms with Gasteiger partial charge in [-0.3, -0.25) is 5.10 Å². The molecule has 1 atom stereocenters. The summed E-state index contributed by atoms with van der Waals surface area (Å²) in [5.74, 6) is 2.55. The zero-order valence-electron chi connectivity index (χ0n) is 16.9. The van der Waals surface area contributed by atoms with Crippen molar-refractivity contribution in [3.8, 4) is 28.8 Å². The van der Waals surface area contributed by atoms with Gasteiger partial charge in [0.15, 0.2) is 11.5 Å². The van der Waals surface area contributed by atoms with Crippen molar-refractivity contribution in [1.29, 1.82) is 5.26 Å². The Morgan fingerprint density at radius 1 is 1.27 bits per heavy atom. The fraction of sp³-hybridized carbons (Fsp3) is 0.333. The van der Waals surface area contributed by atoms with Gasteiger partial charge in [-0.05, 0) is 38.6 Å². The van der Waals surface area contributed by atoms with Crippen LogP contribution in [0.15, 0.2) is 36.7 Å². The lowest BCUT2D eigenvalue weighted by Crippen LogP contribution is -2.30. The number of nitrogens with one attached hydrogen (secondary N) is 2. The smallest absolute Gasteiger partial charge is 0.158 e. The Labute approximate surface area is 174 Å². The average Bonchev–Trinajstić information content (AvgIpc) is 3.41. The molecular formula is C21H23N7O2. The van der Waals surface area contributed by atoms with Gasteiger partial charge in [0.05, 0.1) is 25.2 Å². The summed E-state index contributed by atoms with van der Waals surface area (Å²) in [6, 6.07) is 10.0. The lowest BCUT2D eigenvalue weighted by atomic mass is 10.1. The first kappa shape index (κ1) is 19.7. The fourth-order valence-corrected chi connectivity index (χ4v) is 3.47. The van der Waals surface area contributed by atoms with Crippen molar-refractivity contribution in [3.05, 3.63) is 42.4 Å². The number of anilines is 2. The summed E-state index contributed by atoms with van der Waals surface area (Å²) in [7, 11) is 3.77. The molecule has 30 heavy (non-hydrogen) atoms. The Bertz CT molecular complexity index is 1040. The van der Waals surface area contributed by atoms with Crippen molar-refractivity contribution in [3.63, 3.8) is 0 Å². The van der Waals surface area contributed by atoms with Crippen LogP contribution in [0.2, 0.25) is 0 Å². The summed E-state index contributed by atoms with van der Waals surface area (Å²) in [4.78, 5) is 10.5. The van der Waals surface area contributed by atoms with Gasteiger partial charge in [-0.1, -0.05) is 0 Å². The summed E-state index contributed by atoms with van der Waals surface area (Å²) in [6.45, 7) is 1.79. The average molecular weight is 405 g/mol. The van der Waals surface area contributed by atoms with E-state index in [4.69, 9.17) is 14.7 Å². The molecule has 0 aliphatic carbocycles. The lowest BCUT2D eigenvalue weighted by Gasteiger charge is -2.20. The molecule has 0 spiro atoms. The van der Waals surface area contributed by atoms with Gasteiger partial charge in [0.1, 0.15) is 30.0 Å². The molecule has 1 aromatic carbocycles. The second kappa shape index (κ2) is 8.80. The van der Waals surface area contributed by atoms with Crippen LogP contribution < -0.4 is 14.8 Å². The predicted octanol–water partition coefficient (Wildman–Crippen LogP) is 2.96. The second-order valence-corrected chi connectivity index (χ2v) is 7.14. The lowest BCUT2D eigenvalue weighted by molar-refractivity contribution is 0.198. The first-order valence-corrected chi connectivity index (χ1v) is 9.72. The van der Waals surface area contributed by atoms with E-state index in [0.717, 1.165) is 23.6 Å². The number of hydrogen-bond acceptors (Lipinski definition) is 8. The monoisotopic (exact) mass is 405 g/mol. The maximum Gasteiger partial charge on any atom is 0.158 e. The number of aromatic nitrogens is 4. The third kappa shape index (κ3) is 4.34. The van der Waals surface area contributed by atoms with Gasteiger partial charge >= 0.3 is 0 Å². The van der Waals surface area contributed by atoms with Crippen LogP contribution in [-0.2, 0) is 0 Å². The minimum Gasteiger partial charge on any atom is -0.496 e. The van der Waals surface area contributed by atoms with Crippen molar-refractivity contribution in [2.75, 3.05) is 32.6 Å². The molecule has 0 radical (unpaired) electrons. The molecule has 9 heteroatoms. The molecular weight excluding hydrogens is 382 g/mol. The van der Waals surface area contributed by atoms with Crippen molar-refractivity contribution < 1.29 is 9.47 Å². The molecule has 154 valence electrons. The number of ether oxygens (including phenoxy) is 2. The van der Waals surface area contributed by atoms with Gasteiger partial charge in [0.2, 0.25) is 0 Å². The van der Waals surface area contributed by atoms with E-state index in [1.165, 1.54) is 25.2 Å². The standard InChI is InChI=1S/C21H23N7O2/c1-28-7-3-4-15(28)13-30-16-5-6-17(19(8-16)29-2)18-9-20(27-26-18)25-21-12-23-14(10-22)11-24-21/h5-6,8-9,11-12,15H,3-4,7,13H2,1-2H3,(H2,24,25,26,27)/t15-/m1/s1. The third-order valence-electron chi connectivity index (χ3n) is 5.18.